The van der Waals surface area contributed by atoms with Crippen LogP contribution in [0.25, 0.3) is 0 Å². The minimum absolute atomic E-state index is 0.820. The van der Waals surface area contributed by atoms with E-state index in [1.165, 1.54) is 5.56 Å². The summed E-state index contributed by atoms with van der Waals surface area (Å²) >= 11 is 5.09. The third-order valence-electron chi connectivity index (χ3n) is 2.03. The minimum atomic E-state index is 0.820. The molecule has 0 saturated carbocycles. The molecule has 2 aromatic rings. The largest absolute Gasteiger partial charge is 0.357 e. The Morgan fingerprint density at radius 3 is 2.67 bits per heavy atom. The van der Waals surface area contributed by atoms with Gasteiger partial charge in [0.15, 0.2) is 5.13 Å². The molecule has 2 nitrogen and oxygen atoms in total. The van der Waals surface area contributed by atoms with Crippen molar-refractivity contribution in [2.24, 2.45) is 0 Å². The van der Waals surface area contributed by atoms with E-state index < -0.39 is 0 Å². The van der Waals surface area contributed by atoms with Crippen LogP contribution in [-0.2, 0) is 6.54 Å². The smallest absolute Gasteiger partial charge is 0.184 e. The normalized spacial score (nSPS) is 10.3. The van der Waals surface area contributed by atoms with Gasteiger partial charge in [0.1, 0.15) is 0 Å². The molecular formula is C11H11BrN2S. The number of rotatable bonds is 3. The van der Waals surface area contributed by atoms with Gasteiger partial charge in [-0.15, -0.1) is 0 Å². The van der Waals surface area contributed by atoms with Crippen molar-refractivity contribution < 1.29 is 0 Å². The van der Waals surface area contributed by atoms with E-state index >= 15 is 0 Å². The van der Waals surface area contributed by atoms with Crippen LogP contribution in [-0.4, -0.2) is 4.98 Å². The zero-order chi connectivity index (χ0) is 10.7. The highest BCUT2D eigenvalue weighted by molar-refractivity contribution is 9.11. The van der Waals surface area contributed by atoms with E-state index in [0.29, 0.717) is 0 Å². The second-order valence-electron chi connectivity index (χ2n) is 3.22. The number of hydrogen-bond acceptors (Lipinski definition) is 3. The van der Waals surface area contributed by atoms with Gasteiger partial charge >= 0.3 is 0 Å². The Kier molecular flexibility index (Phi) is 3.38. The first kappa shape index (κ1) is 10.6. The van der Waals surface area contributed by atoms with Gasteiger partial charge in [-0.25, -0.2) is 4.98 Å². The molecule has 2 rings (SSSR count). The van der Waals surface area contributed by atoms with Crippen LogP contribution in [0.1, 0.15) is 11.3 Å². The number of halogens is 1. The molecule has 0 radical (unpaired) electrons. The van der Waals surface area contributed by atoms with Gasteiger partial charge in [-0.1, -0.05) is 41.7 Å². The zero-order valence-corrected chi connectivity index (χ0v) is 10.7. The highest BCUT2D eigenvalue weighted by atomic mass is 79.9. The Hall–Kier alpha value is -0.870. The lowest BCUT2D eigenvalue weighted by atomic mass is 10.2. The fourth-order valence-electron chi connectivity index (χ4n) is 1.23. The number of thiazole rings is 1. The van der Waals surface area contributed by atoms with Crippen molar-refractivity contribution in [3.8, 4) is 0 Å². The molecule has 0 amide bonds. The van der Waals surface area contributed by atoms with Crippen LogP contribution in [0, 0.1) is 6.92 Å². The summed E-state index contributed by atoms with van der Waals surface area (Å²) in [5, 5.41) is 4.26. The molecule has 1 aromatic heterocycles. The summed E-state index contributed by atoms with van der Waals surface area (Å²) < 4.78 is 1.10. The predicted octanol–water partition coefficient (Wildman–Crippen LogP) is 3.83. The van der Waals surface area contributed by atoms with Crippen LogP contribution in [0.4, 0.5) is 5.13 Å². The van der Waals surface area contributed by atoms with E-state index in [2.05, 4.69) is 38.4 Å². The predicted molar refractivity (Wildman–Crippen MR) is 68.3 cm³/mol. The molecule has 78 valence electrons. The van der Waals surface area contributed by atoms with Crippen LogP contribution in [0.15, 0.2) is 34.1 Å². The average Bonchev–Trinajstić information content (AvgIpc) is 2.57. The number of hydrogen-bond donors (Lipinski definition) is 1. The first-order valence-electron chi connectivity index (χ1n) is 4.66. The van der Waals surface area contributed by atoms with Gasteiger partial charge < -0.3 is 5.32 Å². The van der Waals surface area contributed by atoms with Gasteiger partial charge in [0, 0.05) is 6.54 Å². The summed E-state index contributed by atoms with van der Waals surface area (Å²) in [7, 11) is 0. The van der Waals surface area contributed by atoms with Gasteiger partial charge in [0.25, 0.3) is 0 Å². The topological polar surface area (TPSA) is 24.9 Å². The van der Waals surface area contributed by atoms with Crippen molar-refractivity contribution in [2.45, 2.75) is 13.5 Å². The van der Waals surface area contributed by atoms with Gasteiger partial charge in [-0.3, -0.25) is 0 Å². The van der Waals surface area contributed by atoms with E-state index in [4.69, 9.17) is 0 Å². The van der Waals surface area contributed by atoms with Crippen molar-refractivity contribution in [1.82, 2.24) is 4.98 Å². The van der Waals surface area contributed by atoms with Gasteiger partial charge in [0.05, 0.1) is 9.48 Å². The highest BCUT2D eigenvalue weighted by Crippen LogP contribution is 2.27. The van der Waals surface area contributed by atoms with Crippen molar-refractivity contribution in [1.29, 1.82) is 0 Å². The Morgan fingerprint density at radius 2 is 2.07 bits per heavy atom. The van der Waals surface area contributed by atoms with E-state index in [9.17, 15) is 0 Å². The van der Waals surface area contributed by atoms with Gasteiger partial charge in [-0.2, -0.15) is 0 Å². The maximum atomic E-state index is 4.39. The molecule has 4 heteroatoms. The maximum absolute atomic E-state index is 4.39. The Labute approximate surface area is 101 Å². The van der Waals surface area contributed by atoms with Crippen LogP contribution >= 0.6 is 27.3 Å². The average molecular weight is 283 g/mol. The summed E-state index contributed by atoms with van der Waals surface area (Å²) in [6.45, 7) is 2.81. The van der Waals surface area contributed by atoms with Crippen molar-refractivity contribution in [2.75, 3.05) is 5.32 Å². The molecule has 0 aliphatic heterocycles. The fraction of sp³-hybridized carbons (Fsp3) is 0.182. The molecule has 1 heterocycles. The second-order valence-corrected chi connectivity index (χ2v) is 5.53. The summed E-state index contributed by atoms with van der Waals surface area (Å²) in [6, 6.07) is 10.3. The SMILES string of the molecule is Cc1nc(NCc2ccccc2)sc1Br. The molecule has 1 aromatic carbocycles. The standard InChI is InChI=1S/C11H11BrN2S/c1-8-10(12)15-11(14-8)13-7-9-5-3-2-4-6-9/h2-6H,7H2,1H3,(H,13,14). The van der Waals surface area contributed by atoms with Gasteiger partial charge in [0.2, 0.25) is 0 Å². The van der Waals surface area contributed by atoms with Crippen LogP contribution in [0.2, 0.25) is 0 Å². The van der Waals surface area contributed by atoms with Crippen LogP contribution in [0.5, 0.6) is 0 Å². The van der Waals surface area contributed by atoms with E-state index in [-0.39, 0.29) is 0 Å². The quantitative estimate of drug-likeness (QED) is 0.926. The number of aromatic nitrogens is 1. The first-order valence-corrected chi connectivity index (χ1v) is 6.27. The molecule has 0 spiro atoms. The van der Waals surface area contributed by atoms with Crippen LogP contribution in [0.3, 0.4) is 0 Å². The summed E-state index contributed by atoms with van der Waals surface area (Å²) in [4.78, 5) is 4.39. The molecule has 1 N–H and O–H groups in total. The Balaban J connectivity index is 1.99. The van der Waals surface area contributed by atoms with Crippen molar-refractivity contribution in [3.05, 3.63) is 45.4 Å². The van der Waals surface area contributed by atoms with Crippen molar-refractivity contribution in [3.63, 3.8) is 0 Å². The maximum Gasteiger partial charge on any atom is 0.184 e. The highest BCUT2D eigenvalue weighted by Gasteiger charge is 2.03. The number of nitrogens with zero attached hydrogens (tertiary/aromatic N) is 1. The molecule has 0 fully saturated rings. The monoisotopic (exact) mass is 282 g/mol. The van der Waals surface area contributed by atoms with Gasteiger partial charge in [-0.05, 0) is 28.4 Å². The Bertz CT molecular complexity index is 420. The number of aryl methyl sites for hydroxylation is 1. The molecule has 0 bridgehead atoms. The number of nitrogens with one attached hydrogen (secondary N) is 1. The third kappa shape index (κ3) is 2.79. The van der Waals surface area contributed by atoms with E-state index in [1.54, 1.807) is 11.3 Å². The molecule has 0 saturated heterocycles. The molecule has 0 unspecified atom stereocenters. The van der Waals surface area contributed by atoms with Crippen molar-refractivity contribution >= 4 is 32.4 Å². The summed E-state index contributed by atoms with van der Waals surface area (Å²) in [5.74, 6) is 0. The lowest BCUT2D eigenvalue weighted by Gasteiger charge is -2.01. The number of anilines is 1. The molecule has 15 heavy (non-hydrogen) atoms. The Morgan fingerprint density at radius 1 is 1.33 bits per heavy atom. The van der Waals surface area contributed by atoms with E-state index in [1.807, 2.05) is 25.1 Å². The third-order valence-corrected chi connectivity index (χ3v) is 3.99. The van der Waals surface area contributed by atoms with Crippen LogP contribution < -0.4 is 5.32 Å². The molecular weight excluding hydrogens is 272 g/mol. The summed E-state index contributed by atoms with van der Waals surface area (Å²) in [6.07, 6.45) is 0. The fourth-order valence-corrected chi connectivity index (χ4v) is 2.47. The lowest BCUT2D eigenvalue weighted by Crippen LogP contribution is -1.98. The minimum Gasteiger partial charge on any atom is -0.357 e. The first-order chi connectivity index (χ1) is 7.25. The molecule has 0 aliphatic carbocycles. The zero-order valence-electron chi connectivity index (χ0n) is 8.33. The van der Waals surface area contributed by atoms with E-state index in [0.717, 1.165) is 21.2 Å². The summed E-state index contributed by atoms with van der Waals surface area (Å²) in [5.41, 5.74) is 2.30. The lowest BCUT2D eigenvalue weighted by molar-refractivity contribution is 1.12. The molecule has 0 aliphatic rings. The number of benzene rings is 1. The molecule has 0 atom stereocenters. The second kappa shape index (κ2) is 4.77.